The summed E-state index contributed by atoms with van der Waals surface area (Å²) in [5.74, 6) is 0.0358. The van der Waals surface area contributed by atoms with Crippen LogP contribution in [-0.2, 0) is 14.8 Å². The predicted octanol–water partition coefficient (Wildman–Crippen LogP) is 3.65. The first-order valence-corrected chi connectivity index (χ1v) is 9.87. The van der Waals surface area contributed by atoms with Gasteiger partial charge in [0.15, 0.2) is 0 Å². The highest BCUT2D eigenvalue weighted by Gasteiger charge is 2.23. The fourth-order valence-electron chi connectivity index (χ4n) is 2.12. The SMILES string of the molecule is CCOc1ccc(S(=O)(=O)N(C)CC(=O)Nc2cc(Cl)ccc2Cl)cc1. The van der Waals surface area contributed by atoms with E-state index >= 15 is 0 Å². The number of amides is 1. The highest BCUT2D eigenvalue weighted by atomic mass is 35.5. The third-order valence-electron chi connectivity index (χ3n) is 3.41. The molecule has 6 nitrogen and oxygen atoms in total. The summed E-state index contributed by atoms with van der Waals surface area (Å²) in [6, 6.07) is 10.6. The standard InChI is InChI=1S/C17H18Cl2N2O4S/c1-3-25-13-5-7-14(8-6-13)26(23,24)21(2)11-17(22)20-16-10-12(18)4-9-15(16)19/h4-10H,3,11H2,1-2H3,(H,20,22). The van der Waals surface area contributed by atoms with Crippen molar-refractivity contribution in [1.29, 1.82) is 0 Å². The Morgan fingerprint density at radius 2 is 1.81 bits per heavy atom. The number of carbonyl (C=O) groups excluding carboxylic acids is 1. The maximum absolute atomic E-state index is 12.6. The van der Waals surface area contributed by atoms with E-state index in [4.69, 9.17) is 27.9 Å². The molecule has 0 bridgehead atoms. The predicted molar refractivity (Wildman–Crippen MR) is 103 cm³/mol. The quantitative estimate of drug-likeness (QED) is 0.746. The number of likely N-dealkylation sites (N-methyl/N-ethyl adjacent to an activating group) is 1. The summed E-state index contributed by atoms with van der Waals surface area (Å²) in [4.78, 5) is 12.2. The van der Waals surface area contributed by atoms with Crippen molar-refractivity contribution in [2.24, 2.45) is 0 Å². The van der Waals surface area contributed by atoms with Crippen LogP contribution in [0.25, 0.3) is 0 Å². The van der Waals surface area contributed by atoms with Crippen LogP contribution in [0, 0.1) is 0 Å². The van der Waals surface area contributed by atoms with Gasteiger partial charge in [0.05, 0.1) is 28.8 Å². The van der Waals surface area contributed by atoms with E-state index < -0.39 is 15.9 Å². The average molecular weight is 417 g/mol. The molecule has 0 heterocycles. The van der Waals surface area contributed by atoms with Gasteiger partial charge in [-0.15, -0.1) is 0 Å². The summed E-state index contributed by atoms with van der Waals surface area (Å²) in [7, 11) is -2.49. The van der Waals surface area contributed by atoms with Gasteiger partial charge in [-0.2, -0.15) is 4.31 Å². The number of nitrogens with one attached hydrogen (secondary N) is 1. The smallest absolute Gasteiger partial charge is 0.243 e. The molecule has 0 radical (unpaired) electrons. The van der Waals surface area contributed by atoms with Crippen LogP contribution in [-0.4, -0.2) is 38.8 Å². The van der Waals surface area contributed by atoms with E-state index in [2.05, 4.69) is 5.32 Å². The van der Waals surface area contributed by atoms with Crippen molar-refractivity contribution in [3.05, 3.63) is 52.5 Å². The molecule has 2 aromatic rings. The molecular weight excluding hydrogens is 399 g/mol. The Kier molecular flexibility index (Phi) is 6.88. The van der Waals surface area contributed by atoms with E-state index in [9.17, 15) is 13.2 Å². The highest BCUT2D eigenvalue weighted by molar-refractivity contribution is 7.89. The molecule has 1 amide bonds. The summed E-state index contributed by atoms with van der Waals surface area (Å²) in [6.45, 7) is 1.94. The molecule has 0 aliphatic heterocycles. The summed E-state index contributed by atoms with van der Waals surface area (Å²) in [5, 5.41) is 3.26. The molecule has 0 aromatic heterocycles. The van der Waals surface area contributed by atoms with Crippen LogP contribution in [0.5, 0.6) is 5.75 Å². The number of anilines is 1. The lowest BCUT2D eigenvalue weighted by Crippen LogP contribution is -2.35. The number of nitrogens with zero attached hydrogens (tertiary/aromatic N) is 1. The molecule has 9 heteroatoms. The molecule has 2 rings (SSSR count). The molecule has 0 aliphatic carbocycles. The topological polar surface area (TPSA) is 75.7 Å². The molecule has 0 unspecified atom stereocenters. The van der Waals surface area contributed by atoms with E-state index in [0.717, 1.165) is 4.31 Å². The third kappa shape index (κ3) is 5.11. The molecule has 0 aliphatic rings. The molecule has 0 atom stereocenters. The monoisotopic (exact) mass is 416 g/mol. The van der Waals surface area contributed by atoms with Crippen molar-refractivity contribution in [3.63, 3.8) is 0 Å². The lowest BCUT2D eigenvalue weighted by molar-refractivity contribution is -0.116. The second-order valence-electron chi connectivity index (χ2n) is 5.34. The lowest BCUT2D eigenvalue weighted by atomic mass is 10.3. The Morgan fingerprint density at radius 3 is 2.42 bits per heavy atom. The second kappa shape index (κ2) is 8.73. The van der Waals surface area contributed by atoms with E-state index in [1.54, 1.807) is 24.3 Å². The fourth-order valence-corrected chi connectivity index (χ4v) is 3.59. The Labute approximate surface area is 162 Å². The minimum atomic E-state index is -3.82. The number of halogens is 2. The van der Waals surface area contributed by atoms with Gasteiger partial charge in [0.1, 0.15) is 5.75 Å². The summed E-state index contributed by atoms with van der Waals surface area (Å²) < 4.78 is 31.4. The maximum atomic E-state index is 12.6. The number of hydrogen-bond donors (Lipinski definition) is 1. The third-order valence-corrected chi connectivity index (χ3v) is 5.79. The van der Waals surface area contributed by atoms with Gasteiger partial charge in [0.2, 0.25) is 15.9 Å². The van der Waals surface area contributed by atoms with Crippen LogP contribution in [0.2, 0.25) is 10.0 Å². The molecular formula is C17H18Cl2N2O4S. The first kappa shape index (κ1) is 20.5. The number of carbonyl (C=O) groups is 1. The lowest BCUT2D eigenvalue weighted by Gasteiger charge is -2.17. The van der Waals surface area contributed by atoms with Crippen molar-refractivity contribution in [1.82, 2.24) is 4.31 Å². The number of rotatable bonds is 7. The van der Waals surface area contributed by atoms with Crippen LogP contribution in [0.3, 0.4) is 0 Å². The van der Waals surface area contributed by atoms with Gasteiger partial charge in [-0.3, -0.25) is 4.79 Å². The van der Waals surface area contributed by atoms with E-state index in [1.807, 2.05) is 6.92 Å². The summed E-state index contributed by atoms with van der Waals surface area (Å²) in [6.07, 6.45) is 0. The Morgan fingerprint density at radius 1 is 1.15 bits per heavy atom. The summed E-state index contributed by atoms with van der Waals surface area (Å²) in [5.41, 5.74) is 0.316. The van der Waals surface area contributed by atoms with Crippen molar-refractivity contribution >= 4 is 44.8 Å². The molecule has 0 spiro atoms. The Balaban J connectivity index is 2.08. The first-order valence-electron chi connectivity index (χ1n) is 7.68. The normalized spacial score (nSPS) is 11.4. The molecule has 2 aromatic carbocycles. The zero-order chi connectivity index (χ0) is 19.3. The van der Waals surface area contributed by atoms with Crippen molar-refractivity contribution < 1.29 is 17.9 Å². The number of ether oxygens (including phenoxy) is 1. The Hall–Kier alpha value is -1.80. The maximum Gasteiger partial charge on any atom is 0.243 e. The van der Waals surface area contributed by atoms with Gasteiger partial charge < -0.3 is 10.1 Å². The van der Waals surface area contributed by atoms with Gasteiger partial charge >= 0.3 is 0 Å². The van der Waals surface area contributed by atoms with E-state index in [1.165, 1.54) is 25.2 Å². The van der Waals surface area contributed by atoms with Crippen molar-refractivity contribution in [2.45, 2.75) is 11.8 Å². The van der Waals surface area contributed by atoms with Crippen LogP contribution < -0.4 is 10.1 Å². The van der Waals surface area contributed by atoms with Crippen LogP contribution in [0.15, 0.2) is 47.4 Å². The molecule has 26 heavy (non-hydrogen) atoms. The number of hydrogen-bond acceptors (Lipinski definition) is 4. The minimum Gasteiger partial charge on any atom is -0.494 e. The number of sulfonamides is 1. The van der Waals surface area contributed by atoms with Crippen LogP contribution >= 0.6 is 23.2 Å². The Bertz CT molecular complexity index is 886. The first-order chi connectivity index (χ1) is 12.2. The van der Waals surface area contributed by atoms with Crippen LogP contribution in [0.4, 0.5) is 5.69 Å². The zero-order valence-corrected chi connectivity index (χ0v) is 16.5. The minimum absolute atomic E-state index is 0.0667. The van der Waals surface area contributed by atoms with Gasteiger partial charge in [-0.25, -0.2) is 8.42 Å². The van der Waals surface area contributed by atoms with Gasteiger partial charge in [0.25, 0.3) is 0 Å². The van der Waals surface area contributed by atoms with E-state index in [-0.39, 0.29) is 11.4 Å². The van der Waals surface area contributed by atoms with Crippen molar-refractivity contribution in [2.75, 3.05) is 25.5 Å². The summed E-state index contributed by atoms with van der Waals surface area (Å²) >= 11 is 11.9. The molecule has 1 N–H and O–H groups in total. The largest absolute Gasteiger partial charge is 0.494 e. The average Bonchev–Trinajstić information content (AvgIpc) is 2.59. The van der Waals surface area contributed by atoms with Gasteiger partial charge in [-0.05, 0) is 49.4 Å². The molecule has 0 fully saturated rings. The van der Waals surface area contributed by atoms with Crippen LogP contribution in [0.1, 0.15) is 6.92 Å². The van der Waals surface area contributed by atoms with Crippen molar-refractivity contribution in [3.8, 4) is 5.75 Å². The highest BCUT2D eigenvalue weighted by Crippen LogP contribution is 2.25. The zero-order valence-electron chi connectivity index (χ0n) is 14.2. The molecule has 0 saturated heterocycles. The second-order valence-corrected chi connectivity index (χ2v) is 8.23. The van der Waals surface area contributed by atoms with Gasteiger partial charge in [-0.1, -0.05) is 23.2 Å². The molecule has 140 valence electrons. The molecule has 0 saturated carbocycles. The van der Waals surface area contributed by atoms with Gasteiger partial charge in [0, 0.05) is 12.1 Å². The van der Waals surface area contributed by atoms with E-state index in [0.29, 0.717) is 28.1 Å². The number of benzene rings is 2. The fraction of sp³-hybridized carbons (Fsp3) is 0.235.